The first-order chi connectivity index (χ1) is 12.8. The van der Waals surface area contributed by atoms with Gasteiger partial charge in [-0.05, 0) is 55.0 Å². The summed E-state index contributed by atoms with van der Waals surface area (Å²) < 4.78 is 37.7. The van der Waals surface area contributed by atoms with Gasteiger partial charge in [0.25, 0.3) is 5.91 Å². The van der Waals surface area contributed by atoms with Crippen LogP contribution < -0.4 is 10.6 Å². The number of hydrogen-bond donors (Lipinski definition) is 2. The van der Waals surface area contributed by atoms with Crippen molar-refractivity contribution >= 4 is 23.1 Å². The zero-order valence-corrected chi connectivity index (χ0v) is 14.2. The Morgan fingerprint density at radius 2 is 1.63 bits per heavy atom. The number of nitrogens with zero attached hydrogens (tertiary/aromatic N) is 2. The Labute approximate surface area is 153 Å². The number of aromatic nitrogens is 2. The minimum atomic E-state index is -4.42. The number of halogens is 3. The van der Waals surface area contributed by atoms with E-state index in [4.69, 9.17) is 0 Å². The van der Waals surface area contributed by atoms with Crippen LogP contribution in [0.3, 0.4) is 0 Å². The van der Waals surface area contributed by atoms with E-state index in [1.54, 1.807) is 6.07 Å². The minimum Gasteiger partial charge on any atom is -0.339 e. The maximum atomic E-state index is 12.6. The topological polar surface area (TPSA) is 66.9 Å². The molecule has 5 nitrogen and oxygen atoms in total. The van der Waals surface area contributed by atoms with Crippen molar-refractivity contribution in [3.8, 4) is 0 Å². The summed E-state index contributed by atoms with van der Waals surface area (Å²) in [5.74, 6) is -0.0971. The van der Waals surface area contributed by atoms with Crippen LogP contribution in [0.15, 0.2) is 60.7 Å². The molecule has 0 atom stereocenters. The fourth-order valence-corrected chi connectivity index (χ4v) is 2.31. The molecule has 1 heterocycles. The summed E-state index contributed by atoms with van der Waals surface area (Å²) in [6, 6.07) is 14.9. The van der Waals surface area contributed by atoms with Gasteiger partial charge in [0.2, 0.25) is 0 Å². The number of aryl methyl sites for hydroxylation is 1. The van der Waals surface area contributed by atoms with Gasteiger partial charge >= 0.3 is 6.18 Å². The van der Waals surface area contributed by atoms with Crippen LogP contribution in [0.1, 0.15) is 21.6 Å². The van der Waals surface area contributed by atoms with E-state index in [2.05, 4.69) is 20.8 Å². The summed E-state index contributed by atoms with van der Waals surface area (Å²) in [7, 11) is 0. The molecule has 0 saturated carbocycles. The molecule has 0 unspecified atom stereocenters. The third-order valence-corrected chi connectivity index (χ3v) is 3.78. The molecule has 27 heavy (non-hydrogen) atoms. The molecule has 0 bridgehead atoms. The summed E-state index contributed by atoms with van der Waals surface area (Å²) in [4.78, 5) is 12.2. The average molecular weight is 372 g/mol. The van der Waals surface area contributed by atoms with E-state index in [-0.39, 0.29) is 11.4 Å². The van der Waals surface area contributed by atoms with E-state index >= 15 is 0 Å². The molecule has 1 amide bonds. The molecule has 0 aliphatic carbocycles. The number of hydrogen-bond acceptors (Lipinski definition) is 4. The number of carbonyl (C=O) groups excluding carboxylic acids is 1. The van der Waals surface area contributed by atoms with Crippen LogP contribution in [0.4, 0.5) is 30.4 Å². The molecule has 0 aliphatic rings. The SMILES string of the molecule is Cc1ccccc1Nc1ccc(C(=O)Nc2ccc(C(F)(F)F)cc2)nn1. The standard InChI is InChI=1S/C19H15F3N4O/c1-12-4-2-3-5-15(12)24-17-11-10-16(25-26-17)18(27)23-14-8-6-13(7-9-14)19(20,21)22/h2-11H,1H3,(H,23,27)(H,24,26). The van der Waals surface area contributed by atoms with Gasteiger partial charge in [-0.15, -0.1) is 10.2 Å². The Morgan fingerprint density at radius 3 is 2.22 bits per heavy atom. The molecule has 2 N–H and O–H groups in total. The molecule has 2 aromatic carbocycles. The lowest BCUT2D eigenvalue weighted by Crippen LogP contribution is -2.15. The smallest absolute Gasteiger partial charge is 0.339 e. The molecular weight excluding hydrogens is 357 g/mol. The number of anilines is 3. The van der Waals surface area contributed by atoms with Crippen LogP contribution in [-0.2, 0) is 6.18 Å². The predicted octanol–water partition coefficient (Wildman–Crippen LogP) is 4.80. The summed E-state index contributed by atoms with van der Waals surface area (Å²) in [5.41, 5.74) is 1.39. The fraction of sp³-hybridized carbons (Fsp3) is 0.105. The highest BCUT2D eigenvalue weighted by Crippen LogP contribution is 2.29. The Morgan fingerprint density at radius 1 is 0.926 bits per heavy atom. The molecule has 138 valence electrons. The van der Waals surface area contributed by atoms with Crippen molar-refractivity contribution in [1.29, 1.82) is 0 Å². The molecular formula is C19H15F3N4O. The van der Waals surface area contributed by atoms with Gasteiger partial charge in [0.05, 0.1) is 5.56 Å². The van der Waals surface area contributed by atoms with E-state index in [9.17, 15) is 18.0 Å². The second kappa shape index (κ2) is 7.45. The third kappa shape index (κ3) is 4.60. The summed E-state index contributed by atoms with van der Waals surface area (Å²) >= 11 is 0. The lowest BCUT2D eigenvalue weighted by Gasteiger charge is -2.09. The first-order valence-electron chi connectivity index (χ1n) is 7.98. The summed E-state index contributed by atoms with van der Waals surface area (Å²) in [5, 5.41) is 13.4. The maximum absolute atomic E-state index is 12.6. The van der Waals surface area contributed by atoms with Crippen molar-refractivity contribution in [2.45, 2.75) is 13.1 Å². The lowest BCUT2D eigenvalue weighted by atomic mass is 10.2. The molecule has 3 rings (SSSR count). The van der Waals surface area contributed by atoms with Crippen molar-refractivity contribution in [3.63, 3.8) is 0 Å². The maximum Gasteiger partial charge on any atom is 0.416 e. The molecule has 0 aliphatic heterocycles. The van der Waals surface area contributed by atoms with E-state index in [0.717, 1.165) is 23.4 Å². The normalized spacial score (nSPS) is 11.1. The highest BCUT2D eigenvalue weighted by molar-refractivity contribution is 6.02. The van der Waals surface area contributed by atoms with Crippen LogP contribution in [0.2, 0.25) is 0 Å². The fourth-order valence-electron chi connectivity index (χ4n) is 2.31. The third-order valence-electron chi connectivity index (χ3n) is 3.78. The van der Waals surface area contributed by atoms with Gasteiger partial charge < -0.3 is 10.6 Å². The zero-order chi connectivity index (χ0) is 19.4. The quantitative estimate of drug-likeness (QED) is 0.690. The van der Waals surface area contributed by atoms with Crippen LogP contribution in [-0.4, -0.2) is 16.1 Å². The number of carbonyl (C=O) groups is 1. The number of nitrogens with one attached hydrogen (secondary N) is 2. The van der Waals surface area contributed by atoms with Crippen LogP contribution >= 0.6 is 0 Å². The molecule has 0 radical (unpaired) electrons. The number of amides is 1. The number of alkyl halides is 3. The van der Waals surface area contributed by atoms with E-state index in [1.807, 2.05) is 31.2 Å². The highest BCUT2D eigenvalue weighted by Gasteiger charge is 2.30. The Hall–Kier alpha value is -3.42. The molecule has 3 aromatic rings. The summed E-state index contributed by atoms with van der Waals surface area (Å²) in [6.45, 7) is 1.95. The van der Waals surface area contributed by atoms with Gasteiger partial charge in [0.15, 0.2) is 11.5 Å². The molecule has 0 saturated heterocycles. The Kier molecular flexibility index (Phi) is 5.07. The first-order valence-corrected chi connectivity index (χ1v) is 7.98. The molecule has 8 heteroatoms. The van der Waals surface area contributed by atoms with E-state index < -0.39 is 17.6 Å². The molecule has 0 fully saturated rings. The Balaban J connectivity index is 1.66. The second-order valence-corrected chi connectivity index (χ2v) is 5.77. The summed E-state index contributed by atoms with van der Waals surface area (Å²) in [6.07, 6.45) is -4.42. The van der Waals surface area contributed by atoms with E-state index in [0.29, 0.717) is 5.82 Å². The molecule has 0 spiro atoms. The number of para-hydroxylation sites is 1. The predicted molar refractivity (Wildman–Crippen MR) is 95.9 cm³/mol. The lowest BCUT2D eigenvalue weighted by molar-refractivity contribution is -0.137. The van der Waals surface area contributed by atoms with Crippen LogP contribution in [0.25, 0.3) is 0 Å². The van der Waals surface area contributed by atoms with Gasteiger partial charge in [-0.25, -0.2) is 0 Å². The highest BCUT2D eigenvalue weighted by atomic mass is 19.4. The largest absolute Gasteiger partial charge is 0.416 e. The molecule has 1 aromatic heterocycles. The van der Waals surface area contributed by atoms with Gasteiger partial charge in [-0.2, -0.15) is 13.2 Å². The van der Waals surface area contributed by atoms with E-state index in [1.165, 1.54) is 18.2 Å². The van der Waals surface area contributed by atoms with Gasteiger partial charge in [-0.3, -0.25) is 4.79 Å². The van der Waals surface area contributed by atoms with Crippen molar-refractivity contribution < 1.29 is 18.0 Å². The second-order valence-electron chi connectivity index (χ2n) is 5.77. The van der Waals surface area contributed by atoms with Gasteiger partial charge in [0.1, 0.15) is 0 Å². The van der Waals surface area contributed by atoms with Crippen molar-refractivity contribution in [3.05, 3.63) is 77.5 Å². The van der Waals surface area contributed by atoms with Crippen LogP contribution in [0, 0.1) is 6.92 Å². The van der Waals surface area contributed by atoms with Gasteiger partial charge in [-0.1, -0.05) is 18.2 Å². The zero-order valence-electron chi connectivity index (χ0n) is 14.2. The number of rotatable bonds is 4. The van der Waals surface area contributed by atoms with Crippen molar-refractivity contribution in [2.24, 2.45) is 0 Å². The minimum absolute atomic E-state index is 0.0465. The van der Waals surface area contributed by atoms with Crippen molar-refractivity contribution in [2.75, 3.05) is 10.6 Å². The van der Waals surface area contributed by atoms with Gasteiger partial charge in [0, 0.05) is 11.4 Å². The average Bonchev–Trinajstić information content (AvgIpc) is 2.64. The van der Waals surface area contributed by atoms with Crippen molar-refractivity contribution in [1.82, 2.24) is 10.2 Å². The first kappa shape index (κ1) is 18.4. The number of benzene rings is 2. The Bertz CT molecular complexity index is 938. The monoisotopic (exact) mass is 372 g/mol. The van der Waals surface area contributed by atoms with Crippen LogP contribution in [0.5, 0.6) is 0 Å².